The lowest BCUT2D eigenvalue weighted by atomic mass is 9.84. The molecule has 8 heteroatoms. The lowest BCUT2D eigenvalue weighted by Crippen LogP contribution is -2.43. The first-order chi connectivity index (χ1) is 15.9. The van der Waals surface area contributed by atoms with Crippen molar-refractivity contribution in [3.8, 4) is 11.5 Å². The number of hydrogen-bond donors (Lipinski definition) is 2. The quantitative estimate of drug-likeness (QED) is 0.219. The zero-order valence-corrected chi connectivity index (χ0v) is 21.8. The molecule has 0 atom stereocenters. The van der Waals surface area contributed by atoms with Gasteiger partial charge in [-0.3, -0.25) is 0 Å². The predicted molar refractivity (Wildman–Crippen MR) is 141 cm³/mol. The number of nitrogens with one attached hydrogen (secondary N) is 1. The number of esters is 2. The van der Waals surface area contributed by atoms with E-state index in [1.807, 2.05) is 52.9 Å². The molecule has 1 aliphatic rings. The van der Waals surface area contributed by atoms with E-state index in [1.165, 1.54) is 0 Å². The molecular weight excluding hydrogens is 648 g/mol. The number of aromatic hydroxyl groups is 1. The maximum absolute atomic E-state index is 13.0. The van der Waals surface area contributed by atoms with Gasteiger partial charge < -0.3 is 19.9 Å². The molecule has 4 rings (SSSR count). The average molecular weight is 669 g/mol. The highest BCUT2D eigenvalue weighted by molar-refractivity contribution is 14.1. The van der Waals surface area contributed by atoms with Crippen LogP contribution in [0.5, 0.6) is 11.5 Å². The van der Waals surface area contributed by atoms with Crippen LogP contribution in [-0.4, -0.2) is 30.1 Å². The van der Waals surface area contributed by atoms with Gasteiger partial charge in [0.25, 0.3) is 0 Å². The summed E-state index contributed by atoms with van der Waals surface area (Å²) >= 11 is 4.03. The molecule has 0 spiro atoms. The van der Waals surface area contributed by atoms with Crippen LogP contribution < -0.4 is 10.1 Å². The van der Waals surface area contributed by atoms with Gasteiger partial charge in [0.1, 0.15) is 22.7 Å². The Bertz CT molecular complexity index is 1160. The molecule has 170 valence electrons. The van der Waals surface area contributed by atoms with Gasteiger partial charge in [0.2, 0.25) is 0 Å². The minimum atomic E-state index is -0.673. The third-order valence-electron chi connectivity index (χ3n) is 5.55. The summed E-state index contributed by atoms with van der Waals surface area (Å²) in [5.74, 6) is -0.945. The SMILES string of the molecule is O=C(OC1(c2ccccc2)CCNCC1)c1ccc(OC(=O)c2cc(I)cc(I)c2O)cc1. The van der Waals surface area contributed by atoms with Gasteiger partial charge in [-0.15, -0.1) is 0 Å². The molecule has 1 fully saturated rings. The first-order valence-electron chi connectivity index (χ1n) is 10.4. The second kappa shape index (κ2) is 10.4. The normalized spacial score (nSPS) is 15.0. The Morgan fingerprint density at radius 1 is 0.909 bits per heavy atom. The zero-order chi connectivity index (χ0) is 23.4. The number of halogens is 2. The summed E-state index contributed by atoms with van der Waals surface area (Å²) in [6, 6.07) is 19.4. The maximum Gasteiger partial charge on any atom is 0.347 e. The molecule has 0 bridgehead atoms. The molecule has 0 saturated carbocycles. The summed E-state index contributed by atoms with van der Waals surface area (Å²) < 4.78 is 12.8. The molecule has 1 aliphatic heterocycles. The van der Waals surface area contributed by atoms with Crippen molar-refractivity contribution >= 4 is 57.1 Å². The number of rotatable bonds is 5. The molecule has 6 nitrogen and oxygen atoms in total. The Balaban J connectivity index is 1.49. The average Bonchev–Trinajstić information content (AvgIpc) is 2.83. The van der Waals surface area contributed by atoms with Crippen LogP contribution in [-0.2, 0) is 10.3 Å². The van der Waals surface area contributed by atoms with Gasteiger partial charge in [-0.1, -0.05) is 30.3 Å². The molecule has 0 unspecified atom stereocenters. The van der Waals surface area contributed by atoms with Crippen LogP contribution in [0, 0.1) is 7.14 Å². The number of phenols is 1. The topological polar surface area (TPSA) is 84.9 Å². The highest BCUT2D eigenvalue weighted by atomic mass is 127. The van der Waals surface area contributed by atoms with Crippen molar-refractivity contribution < 1.29 is 24.2 Å². The molecule has 1 saturated heterocycles. The number of phenolic OH excluding ortho intramolecular Hbond substituents is 1. The first-order valence-corrected chi connectivity index (χ1v) is 12.5. The van der Waals surface area contributed by atoms with Gasteiger partial charge in [-0.2, -0.15) is 0 Å². The van der Waals surface area contributed by atoms with Crippen molar-refractivity contribution in [3.63, 3.8) is 0 Å². The Morgan fingerprint density at radius 3 is 2.24 bits per heavy atom. The van der Waals surface area contributed by atoms with Crippen LogP contribution in [0.25, 0.3) is 0 Å². The minimum Gasteiger partial charge on any atom is -0.506 e. The molecule has 3 aromatic carbocycles. The van der Waals surface area contributed by atoms with Crippen molar-refractivity contribution in [1.29, 1.82) is 0 Å². The fourth-order valence-corrected chi connectivity index (χ4v) is 5.65. The Morgan fingerprint density at radius 2 is 1.58 bits per heavy atom. The molecule has 0 aromatic heterocycles. The summed E-state index contributed by atoms with van der Waals surface area (Å²) in [5, 5.41) is 13.5. The van der Waals surface area contributed by atoms with Gasteiger partial charge in [-0.25, -0.2) is 9.59 Å². The molecule has 33 heavy (non-hydrogen) atoms. The van der Waals surface area contributed by atoms with Crippen molar-refractivity contribution in [2.45, 2.75) is 18.4 Å². The molecule has 1 heterocycles. The van der Waals surface area contributed by atoms with E-state index >= 15 is 0 Å². The lowest BCUT2D eigenvalue weighted by molar-refractivity contribution is -0.0378. The van der Waals surface area contributed by atoms with E-state index in [-0.39, 0.29) is 17.1 Å². The van der Waals surface area contributed by atoms with Crippen molar-refractivity contribution in [1.82, 2.24) is 5.32 Å². The molecule has 3 aromatic rings. The third kappa shape index (κ3) is 5.49. The molecule has 0 amide bonds. The van der Waals surface area contributed by atoms with Crippen molar-refractivity contribution in [2.75, 3.05) is 13.1 Å². The van der Waals surface area contributed by atoms with Crippen LogP contribution in [0.1, 0.15) is 39.1 Å². The van der Waals surface area contributed by atoms with E-state index in [2.05, 4.69) is 27.9 Å². The Labute approximate surface area is 219 Å². The standard InChI is InChI=1S/C25H21I2NO5/c26-18-14-20(22(29)21(27)15-18)24(31)32-19-8-6-16(7-9-19)23(30)33-25(10-12-28-13-11-25)17-4-2-1-3-5-17/h1-9,14-15,28-29H,10-13H2. The molecule has 0 aliphatic carbocycles. The highest BCUT2D eigenvalue weighted by Crippen LogP contribution is 2.36. The lowest BCUT2D eigenvalue weighted by Gasteiger charge is -2.37. The third-order valence-corrected chi connectivity index (χ3v) is 6.99. The van der Waals surface area contributed by atoms with E-state index in [0.717, 1.165) is 22.2 Å². The van der Waals surface area contributed by atoms with Crippen LogP contribution >= 0.6 is 45.2 Å². The van der Waals surface area contributed by atoms with Crippen molar-refractivity contribution in [2.24, 2.45) is 0 Å². The van der Waals surface area contributed by atoms with E-state index in [4.69, 9.17) is 9.47 Å². The Kier molecular flexibility index (Phi) is 7.55. The molecule has 0 radical (unpaired) electrons. The largest absolute Gasteiger partial charge is 0.506 e. The summed E-state index contributed by atoms with van der Waals surface area (Å²) in [5.41, 5.74) is 0.770. The zero-order valence-electron chi connectivity index (χ0n) is 17.5. The van der Waals surface area contributed by atoms with E-state index in [9.17, 15) is 14.7 Å². The predicted octanol–water partition coefficient (Wildman–Crippen LogP) is 5.26. The van der Waals surface area contributed by atoms with E-state index < -0.39 is 17.5 Å². The molecule has 2 N–H and O–H groups in total. The molecular formula is C25H21I2NO5. The number of hydrogen-bond acceptors (Lipinski definition) is 6. The number of carbonyl (C=O) groups is 2. The Hall–Kier alpha value is -2.18. The van der Waals surface area contributed by atoms with Crippen LogP contribution in [0.2, 0.25) is 0 Å². The van der Waals surface area contributed by atoms with E-state index in [0.29, 0.717) is 22.0 Å². The smallest absolute Gasteiger partial charge is 0.347 e. The van der Waals surface area contributed by atoms with E-state index in [1.54, 1.807) is 36.4 Å². The number of ether oxygens (including phenoxy) is 2. The maximum atomic E-state index is 13.0. The van der Waals surface area contributed by atoms with Crippen LogP contribution in [0.15, 0.2) is 66.7 Å². The minimum absolute atomic E-state index is 0.0884. The van der Waals surface area contributed by atoms with Gasteiger partial charge in [0, 0.05) is 16.4 Å². The summed E-state index contributed by atoms with van der Waals surface area (Å²) in [4.78, 5) is 25.5. The summed E-state index contributed by atoms with van der Waals surface area (Å²) in [7, 11) is 0. The second-order valence-corrected chi connectivity index (χ2v) is 10.1. The van der Waals surface area contributed by atoms with Gasteiger partial charge in [0.05, 0.1) is 9.13 Å². The van der Waals surface area contributed by atoms with Crippen LogP contribution in [0.3, 0.4) is 0 Å². The number of carbonyl (C=O) groups excluding carboxylic acids is 2. The van der Waals surface area contributed by atoms with Crippen molar-refractivity contribution in [3.05, 3.63) is 90.6 Å². The van der Waals surface area contributed by atoms with Gasteiger partial charge in [-0.05, 0) is 100 Å². The first kappa shape index (κ1) is 24.0. The second-order valence-electron chi connectivity index (χ2n) is 7.70. The number of piperidine rings is 1. The number of benzene rings is 3. The highest BCUT2D eigenvalue weighted by Gasteiger charge is 2.38. The summed E-state index contributed by atoms with van der Waals surface area (Å²) in [6.45, 7) is 1.53. The van der Waals surface area contributed by atoms with Gasteiger partial charge in [0.15, 0.2) is 0 Å². The fraction of sp³-hybridized carbons (Fsp3) is 0.200. The van der Waals surface area contributed by atoms with Crippen LogP contribution in [0.4, 0.5) is 0 Å². The monoisotopic (exact) mass is 669 g/mol. The summed E-state index contributed by atoms with van der Waals surface area (Å²) in [6.07, 6.45) is 1.38. The fourth-order valence-electron chi connectivity index (χ4n) is 3.80. The van der Waals surface area contributed by atoms with Gasteiger partial charge >= 0.3 is 11.9 Å².